The summed E-state index contributed by atoms with van der Waals surface area (Å²) in [6.07, 6.45) is 0. The molecule has 1 atom stereocenters. The Morgan fingerprint density at radius 1 is 1.29 bits per heavy atom. The highest BCUT2D eigenvalue weighted by Gasteiger charge is 2.13. The van der Waals surface area contributed by atoms with E-state index in [-0.39, 0.29) is 11.5 Å². The maximum Gasteiger partial charge on any atom is 0.336 e. The number of carboxylic acid groups (broad SMARTS) is 1. The quantitative estimate of drug-likeness (QED) is 0.781. The first kappa shape index (κ1) is 14.8. The fourth-order valence-electron chi connectivity index (χ4n) is 2.04. The number of fused-ring (bicyclic) bond motifs is 1. The number of anilines is 1. The molecule has 2 aromatic rings. The van der Waals surface area contributed by atoms with Crippen LogP contribution < -0.4 is 10.6 Å². The van der Waals surface area contributed by atoms with E-state index in [1.54, 1.807) is 31.2 Å². The third kappa shape index (κ3) is 3.28. The Kier molecular flexibility index (Phi) is 4.37. The van der Waals surface area contributed by atoms with Crippen LogP contribution in [-0.2, 0) is 4.79 Å². The zero-order chi connectivity index (χ0) is 15.4. The molecule has 0 spiro atoms. The number of nitrogens with one attached hydrogen (secondary N) is 2. The van der Waals surface area contributed by atoms with Gasteiger partial charge in [0, 0.05) is 11.9 Å². The molecule has 1 unspecified atom stereocenters. The van der Waals surface area contributed by atoms with Crippen LogP contribution in [0.4, 0.5) is 5.82 Å². The number of nitrogens with zero attached hydrogens (tertiary/aromatic N) is 1. The number of amides is 1. The zero-order valence-corrected chi connectivity index (χ0v) is 11.9. The van der Waals surface area contributed by atoms with Gasteiger partial charge in [-0.1, -0.05) is 6.07 Å². The molecule has 110 valence electrons. The number of aromatic nitrogens is 1. The highest BCUT2D eigenvalue weighted by molar-refractivity contribution is 6.02. The van der Waals surface area contributed by atoms with Gasteiger partial charge in [0.2, 0.25) is 5.91 Å². The first-order valence-corrected chi connectivity index (χ1v) is 6.70. The van der Waals surface area contributed by atoms with E-state index in [1.807, 2.05) is 6.92 Å². The van der Waals surface area contributed by atoms with Crippen LogP contribution in [0.3, 0.4) is 0 Å². The molecule has 1 aromatic carbocycles. The average Bonchev–Trinajstić information content (AvgIpc) is 2.46. The smallest absolute Gasteiger partial charge is 0.336 e. The predicted molar refractivity (Wildman–Crippen MR) is 80.5 cm³/mol. The second kappa shape index (κ2) is 6.21. The van der Waals surface area contributed by atoms with E-state index in [9.17, 15) is 9.59 Å². The molecular weight excluding hydrogens is 270 g/mol. The number of carboxylic acids is 1. The summed E-state index contributed by atoms with van der Waals surface area (Å²) < 4.78 is 0. The molecule has 0 aliphatic rings. The summed E-state index contributed by atoms with van der Waals surface area (Å²) in [4.78, 5) is 27.2. The van der Waals surface area contributed by atoms with Crippen molar-refractivity contribution in [3.8, 4) is 0 Å². The molecule has 0 radical (unpaired) electrons. The molecule has 0 saturated heterocycles. The minimum Gasteiger partial charge on any atom is -0.478 e. The minimum atomic E-state index is -0.987. The topological polar surface area (TPSA) is 91.3 Å². The van der Waals surface area contributed by atoms with Crippen molar-refractivity contribution in [2.24, 2.45) is 0 Å². The summed E-state index contributed by atoms with van der Waals surface area (Å²) in [5, 5.41) is 15.4. The Balaban J connectivity index is 2.28. The van der Waals surface area contributed by atoms with Gasteiger partial charge < -0.3 is 15.7 Å². The number of hydrogen-bond donors (Lipinski definition) is 3. The molecule has 0 fully saturated rings. The standard InChI is InChI=1S/C15H17N3O3/c1-3-16-14(19)9(2)17-13-8-7-10-11(15(20)21)5-4-6-12(10)18-13/h4-9H,3H2,1-2H3,(H,16,19)(H,17,18)(H,20,21). The molecule has 21 heavy (non-hydrogen) atoms. The van der Waals surface area contributed by atoms with Crippen LogP contribution in [0.15, 0.2) is 30.3 Å². The number of benzene rings is 1. The van der Waals surface area contributed by atoms with Gasteiger partial charge in [-0.3, -0.25) is 4.79 Å². The predicted octanol–water partition coefficient (Wildman–Crippen LogP) is 1.87. The lowest BCUT2D eigenvalue weighted by atomic mass is 10.1. The highest BCUT2D eigenvalue weighted by Crippen LogP contribution is 2.19. The summed E-state index contributed by atoms with van der Waals surface area (Å²) in [6, 6.07) is 7.87. The molecule has 0 aliphatic heterocycles. The van der Waals surface area contributed by atoms with E-state index in [2.05, 4.69) is 15.6 Å². The monoisotopic (exact) mass is 287 g/mol. The Labute approximate surface area is 122 Å². The Morgan fingerprint density at radius 2 is 2.05 bits per heavy atom. The van der Waals surface area contributed by atoms with Crippen LogP contribution >= 0.6 is 0 Å². The van der Waals surface area contributed by atoms with Crippen molar-refractivity contribution in [3.63, 3.8) is 0 Å². The zero-order valence-electron chi connectivity index (χ0n) is 11.9. The van der Waals surface area contributed by atoms with Crippen LogP contribution in [0.2, 0.25) is 0 Å². The van der Waals surface area contributed by atoms with Gasteiger partial charge in [0.05, 0.1) is 11.1 Å². The molecular formula is C15H17N3O3. The molecule has 1 amide bonds. The summed E-state index contributed by atoms with van der Waals surface area (Å²) in [6.45, 7) is 4.16. The van der Waals surface area contributed by atoms with Crippen LogP contribution in [0.5, 0.6) is 0 Å². The first-order valence-electron chi connectivity index (χ1n) is 6.70. The summed E-state index contributed by atoms with van der Waals surface area (Å²) in [7, 11) is 0. The van der Waals surface area contributed by atoms with Crippen molar-refractivity contribution in [1.29, 1.82) is 0 Å². The highest BCUT2D eigenvalue weighted by atomic mass is 16.4. The molecule has 0 aliphatic carbocycles. The van der Waals surface area contributed by atoms with Crippen LogP contribution in [-0.4, -0.2) is 34.6 Å². The maximum atomic E-state index is 11.7. The molecule has 1 heterocycles. The van der Waals surface area contributed by atoms with Crippen LogP contribution in [0, 0.1) is 0 Å². The minimum absolute atomic E-state index is 0.112. The fraction of sp³-hybridized carbons (Fsp3) is 0.267. The molecule has 1 aromatic heterocycles. The van der Waals surface area contributed by atoms with E-state index >= 15 is 0 Å². The van der Waals surface area contributed by atoms with E-state index < -0.39 is 12.0 Å². The first-order chi connectivity index (χ1) is 10.0. The number of pyridine rings is 1. The summed E-state index contributed by atoms with van der Waals surface area (Å²) in [5.74, 6) is -0.568. The number of carbonyl (C=O) groups is 2. The third-order valence-corrected chi connectivity index (χ3v) is 3.07. The Bertz CT molecular complexity index is 685. The van der Waals surface area contributed by atoms with Gasteiger partial charge in [0.15, 0.2) is 0 Å². The lowest BCUT2D eigenvalue weighted by Gasteiger charge is -2.14. The van der Waals surface area contributed by atoms with E-state index in [0.717, 1.165) is 0 Å². The second-order valence-electron chi connectivity index (χ2n) is 4.63. The van der Waals surface area contributed by atoms with Crippen molar-refractivity contribution in [1.82, 2.24) is 10.3 Å². The molecule has 2 rings (SSSR count). The third-order valence-electron chi connectivity index (χ3n) is 3.07. The fourth-order valence-corrected chi connectivity index (χ4v) is 2.04. The normalized spacial score (nSPS) is 11.9. The Morgan fingerprint density at radius 3 is 2.71 bits per heavy atom. The Hall–Kier alpha value is -2.63. The van der Waals surface area contributed by atoms with Gasteiger partial charge in [-0.25, -0.2) is 9.78 Å². The van der Waals surface area contributed by atoms with Gasteiger partial charge in [-0.2, -0.15) is 0 Å². The average molecular weight is 287 g/mol. The van der Waals surface area contributed by atoms with Crippen molar-refractivity contribution in [2.75, 3.05) is 11.9 Å². The van der Waals surface area contributed by atoms with Crippen molar-refractivity contribution in [3.05, 3.63) is 35.9 Å². The maximum absolute atomic E-state index is 11.7. The van der Waals surface area contributed by atoms with Gasteiger partial charge in [0.1, 0.15) is 11.9 Å². The summed E-state index contributed by atoms with van der Waals surface area (Å²) in [5.41, 5.74) is 0.784. The molecule has 0 saturated carbocycles. The number of aromatic carboxylic acids is 1. The van der Waals surface area contributed by atoms with Crippen LogP contribution in [0.1, 0.15) is 24.2 Å². The molecule has 3 N–H and O–H groups in total. The molecule has 0 bridgehead atoms. The van der Waals surface area contributed by atoms with Crippen molar-refractivity contribution >= 4 is 28.6 Å². The van der Waals surface area contributed by atoms with Gasteiger partial charge in [0.25, 0.3) is 0 Å². The van der Waals surface area contributed by atoms with Gasteiger partial charge >= 0.3 is 5.97 Å². The largest absolute Gasteiger partial charge is 0.478 e. The molecule has 6 heteroatoms. The number of hydrogen-bond acceptors (Lipinski definition) is 4. The summed E-state index contributed by atoms with van der Waals surface area (Å²) >= 11 is 0. The molecule has 6 nitrogen and oxygen atoms in total. The van der Waals surface area contributed by atoms with E-state index in [4.69, 9.17) is 5.11 Å². The van der Waals surface area contributed by atoms with Gasteiger partial charge in [-0.15, -0.1) is 0 Å². The van der Waals surface area contributed by atoms with Crippen molar-refractivity contribution < 1.29 is 14.7 Å². The van der Waals surface area contributed by atoms with Crippen molar-refractivity contribution in [2.45, 2.75) is 19.9 Å². The number of rotatable bonds is 5. The van der Waals surface area contributed by atoms with Gasteiger partial charge in [-0.05, 0) is 38.1 Å². The van der Waals surface area contributed by atoms with E-state index in [0.29, 0.717) is 23.3 Å². The van der Waals surface area contributed by atoms with Crippen LogP contribution in [0.25, 0.3) is 10.9 Å². The lowest BCUT2D eigenvalue weighted by Crippen LogP contribution is -2.37. The second-order valence-corrected chi connectivity index (χ2v) is 4.63. The number of likely N-dealkylation sites (N-methyl/N-ethyl adjacent to an activating group) is 1. The SMILES string of the molecule is CCNC(=O)C(C)Nc1ccc2c(C(=O)O)cccc2n1. The number of carbonyl (C=O) groups excluding carboxylic acids is 1. The lowest BCUT2D eigenvalue weighted by molar-refractivity contribution is -0.121. The van der Waals surface area contributed by atoms with E-state index in [1.165, 1.54) is 6.07 Å².